The van der Waals surface area contributed by atoms with Crippen molar-refractivity contribution in [2.75, 3.05) is 5.73 Å². The average Bonchev–Trinajstić information content (AvgIpc) is 2.74. The predicted octanol–water partition coefficient (Wildman–Crippen LogP) is 2.02. The topological polar surface area (TPSA) is 50.9 Å². The zero-order chi connectivity index (χ0) is 10.5. The summed E-state index contributed by atoms with van der Waals surface area (Å²) in [6.07, 6.45) is 1.82. The van der Waals surface area contributed by atoms with E-state index in [1.807, 2.05) is 35.8 Å². The summed E-state index contributed by atoms with van der Waals surface area (Å²) in [5, 5.41) is 6.43. The summed E-state index contributed by atoms with van der Waals surface area (Å²) in [6, 6.07) is 7.90. The molecule has 78 valence electrons. The minimum absolute atomic E-state index is 0.804. The Kier molecular flexibility index (Phi) is 3.32. The molecule has 0 unspecified atom stereocenters. The van der Waals surface area contributed by atoms with Crippen molar-refractivity contribution in [3.8, 4) is 0 Å². The van der Waals surface area contributed by atoms with Gasteiger partial charge in [0, 0.05) is 30.4 Å². The lowest BCUT2D eigenvalue weighted by molar-refractivity contribution is 0.690. The van der Waals surface area contributed by atoms with Gasteiger partial charge in [0.25, 0.3) is 0 Å². The molecule has 0 aliphatic heterocycles. The lowest BCUT2D eigenvalue weighted by Gasteiger charge is -2.03. The molecule has 15 heavy (non-hydrogen) atoms. The smallest absolute Gasteiger partial charge is 0.106 e. The molecule has 0 atom stereocenters. The van der Waals surface area contributed by atoms with Crippen LogP contribution < -0.4 is 11.1 Å². The first-order valence-corrected chi connectivity index (χ1v) is 5.66. The zero-order valence-electron chi connectivity index (χ0n) is 8.31. The van der Waals surface area contributed by atoms with E-state index in [0.29, 0.717) is 0 Å². The van der Waals surface area contributed by atoms with Crippen molar-refractivity contribution in [1.29, 1.82) is 0 Å². The summed E-state index contributed by atoms with van der Waals surface area (Å²) in [4.78, 5) is 4.20. The largest absolute Gasteiger partial charge is 0.399 e. The maximum absolute atomic E-state index is 5.60. The molecule has 3 N–H and O–H groups in total. The second-order valence-corrected chi connectivity index (χ2v) is 4.25. The minimum Gasteiger partial charge on any atom is -0.399 e. The molecule has 0 bridgehead atoms. The third-order valence-corrected chi connectivity index (χ3v) is 2.85. The fourth-order valence-electron chi connectivity index (χ4n) is 1.29. The van der Waals surface area contributed by atoms with Crippen LogP contribution in [0.25, 0.3) is 0 Å². The number of benzene rings is 1. The standard InChI is InChI=1S/C11H13N3S/c12-10-3-1-9(2-4-10)7-13-8-11-14-5-6-15-11/h1-6,13H,7-8,12H2. The Balaban J connectivity index is 1.81. The molecule has 1 heterocycles. The maximum atomic E-state index is 5.60. The van der Waals surface area contributed by atoms with Gasteiger partial charge < -0.3 is 11.1 Å². The molecule has 0 amide bonds. The second kappa shape index (κ2) is 4.91. The van der Waals surface area contributed by atoms with Crippen LogP contribution in [0.4, 0.5) is 5.69 Å². The van der Waals surface area contributed by atoms with Crippen LogP contribution in [0.3, 0.4) is 0 Å². The van der Waals surface area contributed by atoms with Crippen molar-refractivity contribution in [2.45, 2.75) is 13.1 Å². The molecule has 0 spiro atoms. The monoisotopic (exact) mass is 219 g/mol. The van der Waals surface area contributed by atoms with E-state index in [1.165, 1.54) is 5.56 Å². The van der Waals surface area contributed by atoms with Crippen LogP contribution in [0.2, 0.25) is 0 Å². The SMILES string of the molecule is Nc1ccc(CNCc2nccs2)cc1. The van der Waals surface area contributed by atoms with Crippen LogP contribution in [-0.4, -0.2) is 4.98 Å². The second-order valence-electron chi connectivity index (χ2n) is 3.27. The molecular weight excluding hydrogens is 206 g/mol. The van der Waals surface area contributed by atoms with Gasteiger partial charge in [0.1, 0.15) is 5.01 Å². The zero-order valence-corrected chi connectivity index (χ0v) is 9.13. The number of thiazole rings is 1. The summed E-state index contributed by atoms with van der Waals surface area (Å²) in [5.74, 6) is 0. The molecule has 2 aromatic rings. The number of nitrogens with one attached hydrogen (secondary N) is 1. The first-order valence-electron chi connectivity index (χ1n) is 4.78. The Morgan fingerprint density at radius 2 is 2.00 bits per heavy atom. The fraction of sp³-hybridized carbons (Fsp3) is 0.182. The van der Waals surface area contributed by atoms with E-state index >= 15 is 0 Å². The minimum atomic E-state index is 0.804. The number of nitrogen functional groups attached to an aromatic ring is 1. The van der Waals surface area contributed by atoms with Crippen LogP contribution in [0, 0.1) is 0 Å². The summed E-state index contributed by atoms with van der Waals surface area (Å²) >= 11 is 1.67. The molecule has 0 aliphatic rings. The Morgan fingerprint density at radius 1 is 1.20 bits per heavy atom. The number of nitrogens with two attached hydrogens (primary N) is 1. The number of rotatable bonds is 4. The van der Waals surface area contributed by atoms with Gasteiger partial charge in [0.15, 0.2) is 0 Å². The molecule has 0 aliphatic carbocycles. The Labute approximate surface area is 93.0 Å². The summed E-state index contributed by atoms with van der Waals surface area (Å²) in [7, 11) is 0. The van der Waals surface area contributed by atoms with Gasteiger partial charge in [0.2, 0.25) is 0 Å². The van der Waals surface area contributed by atoms with E-state index in [9.17, 15) is 0 Å². The van der Waals surface area contributed by atoms with Crippen LogP contribution in [0.1, 0.15) is 10.6 Å². The normalized spacial score (nSPS) is 10.4. The van der Waals surface area contributed by atoms with Crippen LogP contribution in [-0.2, 0) is 13.1 Å². The molecule has 0 radical (unpaired) electrons. The molecule has 2 rings (SSSR count). The third-order valence-electron chi connectivity index (χ3n) is 2.07. The number of nitrogens with zero attached hydrogens (tertiary/aromatic N) is 1. The Bertz CT molecular complexity index is 394. The molecular formula is C11H13N3S. The summed E-state index contributed by atoms with van der Waals surface area (Å²) < 4.78 is 0. The van der Waals surface area contributed by atoms with E-state index in [-0.39, 0.29) is 0 Å². The number of aromatic nitrogens is 1. The molecule has 0 saturated carbocycles. The van der Waals surface area contributed by atoms with Crippen LogP contribution >= 0.6 is 11.3 Å². The highest BCUT2D eigenvalue weighted by Crippen LogP contribution is 2.06. The van der Waals surface area contributed by atoms with E-state index < -0.39 is 0 Å². The van der Waals surface area contributed by atoms with Gasteiger partial charge >= 0.3 is 0 Å². The van der Waals surface area contributed by atoms with Gasteiger partial charge in [-0.1, -0.05) is 12.1 Å². The predicted molar refractivity (Wildman–Crippen MR) is 63.5 cm³/mol. The van der Waals surface area contributed by atoms with Crippen molar-refractivity contribution in [1.82, 2.24) is 10.3 Å². The lowest BCUT2D eigenvalue weighted by atomic mass is 10.2. The highest BCUT2D eigenvalue weighted by Gasteiger charge is 1.95. The molecule has 4 heteroatoms. The molecule has 0 fully saturated rings. The molecule has 1 aromatic carbocycles. The Hall–Kier alpha value is -1.39. The van der Waals surface area contributed by atoms with Crippen LogP contribution in [0.5, 0.6) is 0 Å². The highest BCUT2D eigenvalue weighted by molar-refractivity contribution is 7.09. The van der Waals surface area contributed by atoms with Gasteiger partial charge in [-0.25, -0.2) is 4.98 Å². The van der Waals surface area contributed by atoms with Gasteiger partial charge in [-0.2, -0.15) is 0 Å². The quantitative estimate of drug-likeness (QED) is 0.773. The number of hydrogen-bond donors (Lipinski definition) is 2. The average molecular weight is 219 g/mol. The highest BCUT2D eigenvalue weighted by atomic mass is 32.1. The first kappa shape index (κ1) is 10.1. The summed E-state index contributed by atoms with van der Waals surface area (Å²) in [5.41, 5.74) is 7.64. The van der Waals surface area contributed by atoms with Crippen molar-refractivity contribution in [3.05, 3.63) is 46.4 Å². The van der Waals surface area contributed by atoms with E-state index in [0.717, 1.165) is 23.8 Å². The van der Waals surface area contributed by atoms with E-state index in [4.69, 9.17) is 5.73 Å². The number of hydrogen-bond acceptors (Lipinski definition) is 4. The third kappa shape index (κ3) is 3.04. The number of anilines is 1. The van der Waals surface area contributed by atoms with Crippen molar-refractivity contribution < 1.29 is 0 Å². The first-order chi connectivity index (χ1) is 7.34. The fourth-order valence-corrected chi connectivity index (χ4v) is 1.88. The molecule has 3 nitrogen and oxygen atoms in total. The van der Waals surface area contributed by atoms with Gasteiger partial charge in [0.05, 0.1) is 0 Å². The maximum Gasteiger partial charge on any atom is 0.106 e. The van der Waals surface area contributed by atoms with E-state index in [1.54, 1.807) is 11.3 Å². The van der Waals surface area contributed by atoms with Gasteiger partial charge in [-0.05, 0) is 17.7 Å². The Morgan fingerprint density at radius 3 is 2.67 bits per heavy atom. The van der Waals surface area contributed by atoms with Gasteiger partial charge in [-0.3, -0.25) is 0 Å². The summed E-state index contributed by atoms with van der Waals surface area (Å²) in [6.45, 7) is 1.67. The van der Waals surface area contributed by atoms with Crippen molar-refractivity contribution in [3.63, 3.8) is 0 Å². The molecule has 0 saturated heterocycles. The van der Waals surface area contributed by atoms with Gasteiger partial charge in [-0.15, -0.1) is 11.3 Å². The van der Waals surface area contributed by atoms with E-state index in [2.05, 4.69) is 10.3 Å². The molecule has 1 aromatic heterocycles. The van der Waals surface area contributed by atoms with Crippen molar-refractivity contribution in [2.24, 2.45) is 0 Å². The van der Waals surface area contributed by atoms with Crippen molar-refractivity contribution >= 4 is 17.0 Å². The van der Waals surface area contributed by atoms with Crippen LogP contribution in [0.15, 0.2) is 35.8 Å². The lowest BCUT2D eigenvalue weighted by Crippen LogP contribution is -2.12.